The molecule has 1 aliphatic heterocycles. The average molecular weight is 361 g/mol. The maximum Gasteiger partial charge on any atom is 0.309 e. The van der Waals surface area contributed by atoms with Crippen molar-refractivity contribution in [2.24, 2.45) is 34.5 Å². The molecule has 26 heavy (non-hydrogen) atoms. The molecule has 3 saturated carbocycles. The lowest BCUT2D eigenvalue weighted by atomic mass is 9.47. The molecule has 0 spiro atoms. The largest absolute Gasteiger partial charge is 0.469 e. The van der Waals surface area contributed by atoms with E-state index >= 15 is 0 Å². The summed E-state index contributed by atoms with van der Waals surface area (Å²) in [4.78, 5) is 24.4. The number of aliphatic hydroxyl groups is 1. The average Bonchev–Trinajstić information content (AvgIpc) is 2.84. The minimum Gasteiger partial charge on any atom is -0.469 e. The van der Waals surface area contributed by atoms with Crippen LogP contribution in [0.1, 0.15) is 52.4 Å². The van der Waals surface area contributed by atoms with Gasteiger partial charge in [0, 0.05) is 12.6 Å². The predicted octanol–water partition coefficient (Wildman–Crippen LogP) is 2.44. The van der Waals surface area contributed by atoms with E-state index in [1.807, 2.05) is 0 Å². The molecule has 4 aliphatic rings. The van der Waals surface area contributed by atoms with Crippen molar-refractivity contribution in [1.29, 1.82) is 0 Å². The third-order valence-corrected chi connectivity index (χ3v) is 8.40. The summed E-state index contributed by atoms with van der Waals surface area (Å²) in [6.45, 7) is 5.10. The molecule has 5 nitrogen and oxygen atoms in total. The zero-order valence-corrected chi connectivity index (χ0v) is 16.1. The molecule has 1 heterocycles. The zero-order valence-electron chi connectivity index (χ0n) is 16.1. The summed E-state index contributed by atoms with van der Waals surface area (Å²) in [6.07, 6.45) is 6.72. The number of amides is 1. The van der Waals surface area contributed by atoms with E-state index in [0.717, 1.165) is 32.1 Å². The van der Waals surface area contributed by atoms with Crippen molar-refractivity contribution in [3.63, 3.8) is 0 Å². The molecule has 144 valence electrons. The van der Waals surface area contributed by atoms with Crippen LogP contribution in [0.15, 0.2) is 11.6 Å². The Hall–Kier alpha value is -1.36. The lowest BCUT2D eigenvalue weighted by molar-refractivity contribution is -0.160. The van der Waals surface area contributed by atoms with Crippen LogP contribution in [0.4, 0.5) is 0 Å². The molecule has 4 unspecified atom stereocenters. The number of hydrogen-bond acceptors (Lipinski definition) is 4. The van der Waals surface area contributed by atoms with Gasteiger partial charge in [-0.25, -0.2) is 0 Å². The smallest absolute Gasteiger partial charge is 0.309 e. The van der Waals surface area contributed by atoms with E-state index in [1.54, 1.807) is 6.08 Å². The van der Waals surface area contributed by atoms with Crippen LogP contribution in [0.5, 0.6) is 0 Å². The molecule has 2 N–H and O–H groups in total. The maximum atomic E-state index is 12.4. The highest BCUT2D eigenvalue weighted by Crippen LogP contribution is 2.66. The summed E-state index contributed by atoms with van der Waals surface area (Å²) < 4.78 is 5.08. The summed E-state index contributed by atoms with van der Waals surface area (Å²) in [7, 11) is 1.47. The summed E-state index contributed by atoms with van der Waals surface area (Å²) >= 11 is 0. The van der Waals surface area contributed by atoms with Gasteiger partial charge < -0.3 is 15.2 Å². The first-order chi connectivity index (χ1) is 12.3. The second-order valence-corrected chi connectivity index (χ2v) is 9.39. The van der Waals surface area contributed by atoms with Gasteiger partial charge in [-0.3, -0.25) is 9.59 Å². The van der Waals surface area contributed by atoms with Crippen LogP contribution < -0.4 is 5.32 Å². The number of methoxy groups -OCH3 is 1. The van der Waals surface area contributed by atoms with Crippen LogP contribution in [0.25, 0.3) is 0 Å². The van der Waals surface area contributed by atoms with E-state index in [9.17, 15) is 14.7 Å². The van der Waals surface area contributed by atoms with Crippen LogP contribution in [0, 0.1) is 34.5 Å². The number of hydrogen-bond donors (Lipinski definition) is 2. The van der Waals surface area contributed by atoms with Crippen molar-refractivity contribution in [1.82, 2.24) is 5.32 Å². The van der Waals surface area contributed by atoms with E-state index < -0.39 is 6.10 Å². The van der Waals surface area contributed by atoms with Gasteiger partial charge in [0.1, 0.15) is 0 Å². The third kappa shape index (κ3) is 2.39. The first-order valence-corrected chi connectivity index (χ1v) is 10.1. The highest BCUT2D eigenvalue weighted by molar-refractivity contribution is 5.88. The second kappa shape index (κ2) is 6.08. The number of carbonyl (C=O) groups is 2. The Morgan fingerprint density at radius 1 is 1.31 bits per heavy atom. The van der Waals surface area contributed by atoms with Gasteiger partial charge in [0.15, 0.2) is 0 Å². The molecule has 0 bridgehead atoms. The van der Waals surface area contributed by atoms with Gasteiger partial charge in [0.25, 0.3) is 0 Å². The van der Waals surface area contributed by atoms with Crippen molar-refractivity contribution in [2.45, 2.75) is 58.5 Å². The standard InChI is InChI=1S/C21H31NO4/c1-20-8-9-22-17(24)10-12(20)4-5-13-14-6-7-15(19(25)26-3)21(14,2)11-16(23)18(13)20/h10,13-16,18,23H,4-9,11H2,1-3H3,(H,22,24)/t13?,14?,15?,16-,18?,20-,21-/m0/s1. The number of esters is 1. The lowest BCUT2D eigenvalue weighted by Gasteiger charge is -2.58. The van der Waals surface area contributed by atoms with E-state index in [-0.39, 0.29) is 34.5 Å². The van der Waals surface area contributed by atoms with E-state index in [0.29, 0.717) is 24.8 Å². The maximum absolute atomic E-state index is 12.4. The molecule has 7 atom stereocenters. The predicted molar refractivity (Wildman–Crippen MR) is 97.0 cm³/mol. The first-order valence-electron chi connectivity index (χ1n) is 10.1. The Morgan fingerprint density at radius 2 is 2.08 bits per heavy atom. The summed E-state index contributed by atoms with van der Waals surface area (Å²) in [5, 5.41) is 14.2. The van der Waals surface area contributed by atoms with Crippen LogP contribution in [0.2, 0.25) is 0 Å². The van der Waals surface area contributed by atoms with Crippen molar-refractivity contribution in [2.75, 3.05) is 13.7 Å². The fraction of sp³-hybridized carbons (Fsp3) is 0.810. The van der Waals surface area contributed by atoms with Gasteiger partial charge in [-0.05, 0) is 67.1 Å². The Morgan fingerprint density at radius 3 is 2.81 bits per heavy atom. The van der Waals surface area contributed by atoms with Crippen LogP contribution in [0.3, 0.4) is 0 Å². The number of aliphatic hydroxyl groups excluding tert-OH is 1. The van der Waals surface area contributed by atoms with Crippen molar-refractivity contribution in [3.05, 3.63) is 11.6 Å². The minimum absolute atomic E-state index is 0.00364. The normalized spacial score (nSPS) is 47.6. The molecular weight excluding hydrogens is 330 g/mol. The molecular formula is C21H31NO4. The topological polar surface area (TPSA) is 75.6 Å². The second-order valence-electron chi connectivity index (χ2n) is 9.39. The molecule has 0 aromatic rings. The monoisotopic (exact) mass is 361 g/mol. The zero-order chi connectivity index (χ0) is 18.7. The minimum atomic E-state index is -0.437. The molecule has 5 heteroatoms. The van der Waals surface area contributed by atoms with E-state index in [1.165, 1.54) is 12.7 Å². The van der Waals surface area contributed by atoms with Gasteiger partial charge in [-0.2, -0.15) is 0 Å². The van der Waals surface area contributed by atoms with Gasteiger partial charge in [0.2, 0.25) is 5.91 Å². The Kier molecular flexibility index (Phi) is 4.22. The van der Waals surface area contributed by atoms with Crippen molar-refractivity contribution >= 4 is 11.9 Å². The Balaban J connectivity index is 1.70. The summed E-state index contributed by atoms with van der Waals surface area (Å²) in [5.41, 5.74) is 0.898. The molecule has 0 radical (unpaired) electrons. The summed E-state index contributed by atoms with van der Waals surface area (Å²) in [6, 6.07) is 0. The molecule has 0 saturated heterocycles. The highest BCUT2D eigenvalue weighted by Gasteiger charge is 2.63. The number of carbonyl (C=O) groups excluding carboxylic acids is 2. The number of ether oxygens (including phenoxy) is 1. The quantitative estimate of drug-likeness (QED) is 0.704. The lowest BCUT2D eigenvalue weighted by Crippen LogP contribution is -2.56. The number of fused-ring (bicyclic) bond motifs is 5. The van der Waals surface area contributed by atoms with Crippen molar-refractivity contribution < 1.29 is 19.4 Å². The van der Waals surface area contributed by atoms with E-state index in [2.05, 4.69) is 19.2 Å². The van der Waals surface area contributed by atoms with E-state index in [4.69, 9.17) is 4.74 Å². The number of nitrogens with one attached hydrogen (secondary N) is 1. The molecule has 0 aromatic heterocycles. The van der Waals surface area contributed by atoms with Gasteiger partial charge >= 0.3 is 5.97 Å². The summed E-state index contributed by atoms with van der Waals surface area (Å²) in [5.74, 6) is 0.815. The Bertz CT molecular complexity index is 658. The van der Waals surface area contributed by atoms with Gasteiger partial charge in [-0.1, -0.05) is 19.4 Å². The van der Waals surface area contributed by atoms with Gasteiger partial charge in [0.05, 0.1) is 19.1 Å². The molecule has 4 rings (SSSR count). The third-order valence-electron chi connectivity index (χ3n) is 8.40. The SMILES string of the molecule is COC(=O)C1CCC2C3CCC4=CC(=O)NCC[C@]4(C)C3[C@@H](O)C[C@]12C. The highest BCUT2D eigenvalue weighted by atomic mass is 16.5. The molecule has 0 aromatic carbocycles. The molecule has 3 fully saturated rings. The number of rotatable bonds is 1. The molecule has 3 aliphatic carbocycles. The van der Waals surface area contributed by atoms with Crippen LogP contribution >= 0.6 is 0 Å². The van der Waals surface area contributed by atoms with Crippen LogP contribution in [-0.2, 0) is 14.3 Å². The number of allylic oxidation sites excluding steroid dienone is 1. The fourth-order valence-electron chi connectivity index (χ4n) is 7.22. The first kappa shape index (κ1) is 18.0. The molecule has 1 amide bonds. The van der Waals surface area contributed by atoms with Crippen molar-refractivity contribution in [3.8, 4) is 0 Å². The Labute approximate surface area is 155 Å². The van der Waals surface area contributed by atoms with Crippen LogP contribution in [-0.4, -0.2) is 36.7 Å². The fourth-order valence-corrected chi connectivity index (χ4v) is 7.22. The van der Waals surface area contributed by atoms with Gasteiger partial charge in [-0.15, -0.1) is 0 Å².